The number of pyridine rings is 1. The summed E-state index contributed by atoms with van der Waals surface area (Å²) in [7, 11) is -9.09. The largest absolute Gasteiger partial charge is 0.755 e. The fraction of sp³-hybridized carbons (Fsp3) is 0.380. The maximum Gasteiger partial charge on any atom is 0.524 e. The Balaban J connectivity index is 1.30. The van der Waals surface area contributed by atoms with Gasteiger partial charge in [0.15, 0.2) is 15.5 Å². The first kappa shape index (κ1) is 60.7. The zero-order chi connectivity index (χ0) is 59.9. The van der Waals surface area contributed by atoms with E-state index in [9.17, 15) is 76.2 Å². The second-order valence-electron chi connectivity index (χ2n) is 20.4. The van der Waals surface area contributed by atoms with Crippen molar-refractivity contribution in [1.82, 2.24) is 34.2 Å². The summed E-state index contributed by atoms with van der Waals surface area (Å²) in [6, 6.07) is 10.1. The van der Waals surface area contributed by atoms with E-state index in [1.165, 1.54) is 58.0 Å². The van der Waals surface area contributed by atoms with Crippen LogP contribution in [0.25, 0.3) is 22.0 Å². The van der Waals surface area contributed by atoms with E-state index >= 15 is 8.78 Å². The fourth-order valence-electron chi connectivity index (χ4n) is 9.55. The lowest BCUT2D eigenvalue weighted by molar-refractivity contribution is -0.143. The van der Waals surface area contributed by atoms with Crippen LogP contribution < -0.4 is 9.84 Å². The number of amides is 2. The third-order valence-corrected chi connectivity index (χ3v) is 16.9. The highest BCUT2D eigenvalue weighted by atomic mass is 35.5. The number of para-hydroxylation sites is 1. The van der Waals surface area contributed by atoms with E-state index in [-0.39, 0.29) is 54.1 Å². The molecular formula is C50H44ClF10N7O10PS2-. The number of hydrogen-bond acceptors (Lipinski definition) is 11. The molecule has 3 heterocycles. The first-order valence-electron chi connectivity index (χ1n) is 23.8. The molecule has 17 nitrogen and oxygen atoms in total. The number of alkyl halides is 8. The molecule has 3 aromatic carbocycles. The van der Waals surface area contributed by atoms with Crippen LogP contribution >= 0.6 is 19.4 Å². The number of rotatable bonds is 17. The van der Waals surface area contributed by atoms with Gasteiger partial charge in [-0.05, 0) is 92.5 Å². The number of hydrogen-bond donors (Lipinski definition) is 3. The van der Waals surface area contributed by atoms with Gasteiger partial charge in [-0.15, -0.1) is 0 Å². The van der Waals surface area contributed by atoms with E-state index in [0.29, 0.717) is 10.7 Å². The number of halogens is 11. The number of fused-ring (bicyclic) bond motifs is 4. The third-order valence-electron chi connectivity index (χ3n) is 13.5. The number of phosphoric ester groups is 1. The first-order chi connectivity index (χ1) is 37.3. The summed E-state index contributed by atoms with van der Waals surface area (Å²) in [5.74, 6) is -6.71. The summed E-state index contributed by atoms with van der Waals surface area (Å²) >= 11 is 3.20. The molecule has 81 heavy (non-hydrogen) atoms. The highest BCUT2D eigenvalue weighted by molar-refractivity contribution is 7.92. The maximum absolute atomic E-state index is 15.7. The predicted octanol–water partition coefficient (Wildman–Crippen LogP) is 9.15. The van der Waals surface area contributed by atoms with E-state index in [0.717, 1.165) is 36.6 Å². The molecule has 0 saturated heterocycles. The van der Waals surface area contributed by atoms with Crippen LogP contribution in [0, 0.1) is 34.8 Å². The number of carbonyl (C=O) groups is 2. The molecule has 2 aliphatic carbocycles. The molecule has 0 bridgehead atoms. The van der Waals surface area contributed by atoms with E-state index < -0.39 is 170 Å². The molecule has 2 aliphatic rings. The molecule has 0 spiro atoms. The minimum atomic E-state index is -5.24. The normalized spacial score (nSPS) is 17.0. The Morgan fingerprint density at radius 3 is 2.23 bits per heavy atom. The minimum absolute atomic E-state index is 0.0271. The molecule has 434 valence electrons. The molecule has 2 unspecified atom stereocenters. The second-order valence-corrected chi connectivity index (χ2v) is 25.5. The molecule has 1 fully saturated rings. The number of aromatic nitrogens is 5. The molecule has 4 atom stereocenters. The minimum Gasteiger partial charge on any atom is -0.755 e. The molecular weight excluding hydrogens is 1180 g/mol. The Labute approximate surface area is 461 Å². The topological polar surface area (TPSA) is 239 Å². The zero-order valence-electron chi connectivity index (χ0n) is 42.6. The Hall–Kier alpha value is -6.41. The van der Waals surface area contributed by atoms with Crippen molar-refractivity contribution >= 4 is 63.2 Å². The number of carbonyl (C=O) groups excluding carboxylic acids is 2. The average Bonchev–Trinajstić information content (AvgIpc) is 2.42. The Kier molecular flexibility index (Phi) is 16.0. The van der Waals surface area contributed by atoms with E-state index in [2.05, 4.69) is 32.3 Å². The summed E-state index contributed by atoms with van der Waals surface area (Å²) in [6.07, 6.45) is -10.9. The van der Waals surface area contributed by atoms with Crippen LogP contribution in [0.1, 0.15) is 91.2 Å². The van der Waals surface area contributed by atoms with E-state index in [1.807, 2.05) is 0 Å². The highest BCUT2D eigenvalue weighted by Crippen LogP contribution is 2.68. The summed E-state index contributed by atoms with van der Waals surface area (Å²) in [5, 5.41) is 9.13. The maximum atomic E-state index is 15.7. The van der Waals surface area contributed by atoms with Crippen LogP contribution in [0.15, 0.2) is 66.7 Å². The van der Waals surface area contributed by atoms with Crippen LogP contribution in [0.5, 0.6) is 5.75 Å². The number of sulfone groups is 1. The van der Waals surface area contributed by atoms with Crippen molar-refractivity contribution in [1.29, 1.82) is 0 Å². The summed E-state index contributed by atoms with van der Waals surface area (Å²) in [4.78, 5) is 52.1. The number of phosphoric acid groups is 1. The summed E-state index contributed by atoms with van der Waals surface area (Å²) in [5.41, 5.74) is -8.12. The second kappa shape index (κ2) is 21.4. The molecule has 1 saturated carbocycles. The Morgan fingerprint density at radius 2 is 1.63 bits per heavy atom. The van der Waals surface area contributed by atoms with Gasteiger partial charge in [-0.25, -0.2) is 26.7 Å². The monoisotopic (exact) mass is 1220 g/mol. The van der Waals surface area contributed by atoms with E-state index in [1.54, 1.807) is 0 Å². The van der Waals surface area contributed by atoms with Crippen LogP contribution in [-0.2, 0) is 79.8 Å². The van der Waals surface area contributed by atoms with Crippen molar-refractivity contribution < 1.29 is 89.5 Å². The van der Waals surface area contributed by atoms with Crippen molar-refractivity contribution in [2.45, 2.75) is 102 Å². The molecule has 6 aromatic rings. The summed E-state index contributed by atoms with van der Waals surface area (Å²) < 4.78 is 215. The van der Waals surface area contributed by atoms with Gasteiger partial charge in [0.1, 0.15) is 46.6 Å². The molecule has 0 radical (unpaired) electrons. The zero-order valence-corrected chi connectivity index (χ0v) is 45.9. The molecule has 2 amide bonds. The standard InChI is InChI=1S/C50H45ClF10N7O10PS2/c1-46(2,21-26-8-6-7-9-37(26)78-79(71,72)73)45(70)68(80(74)75)22-36-40-34(51)13-12-31(42(40)67(64-36)24-48(54,55)56)30-11-10-29(14-15-47(3,4)81(5,76)77)62-41(30)35(18-25-16-27(52)19-28(53)17-25)63-38(69)23-66-44-39(43(65-66)50(59,60)61)32-20-33(32)49(44,57)58/h6-13,16-17,19,32-33,35H,18,20-24H2,1-5H3,(H,63,69)(H,74,75)(H2,71,72,73)/p-1/t32-,33+,35?/m0/s1. The first-order valence-corrected chi connectivity index (χ1v) is 28.6. The average molecular weight is 1220 g/mol. The van der Waals surface area contributed by atoms with Crippen molar-refractivity contribution in [2.24, 2.45) is 11.3 Å². The molecule has 8 rings (SSSR count). The summed E-state index contributed by atoms with van der Waals surface area (Å²) in [6.45, 7) is 0.604. The Bertz CT molecular complexity index is 3780. The van der Waals surface area contributed by atoms with Crippen LogP contribution in [0.2, 0.25) is 5.02 Å². The van der Waals surface area contributed by atoms with Crippen LogP contribution in [0.3, 0.4) is 0 Å². The SMILES string of the molecule is CC(C)(Cc1ccccc1OP(=O)(O)O)C(=O)N(Cc1nn(CC(F)(F)F)c2c(-c3ccc(C#CC(C)(C)S(C)(=O)=O)nc3C(Cc3cc(F)cc(F)c3)NC(=O)Cn3nc(C(F)(F)F)c4c3C(F)(F)[C@@H]3C[C@H]43)ccc(Cl)c12)S(=O)[O-]. The van der Waals surface area contributed by atoms with Gasteiger partial charge in [0.05, 0.1) is 45.8 Å². The van der Waals surface area contributed by atoms with Crippen molar-refractivity contribution in [3.05, 3.63) is 129 Å². The quantitative estimate of drug-likeness (QED) is 0.0335. The lowest BCUT2D eigenvalue weighted by Crippen LogP contribution is -2.42. The van der Waals surface area contributed by atoms with Crippen LogP contribution in [0.4, 0.5) is 43.9 Å². The Morgan fingerprint density at radius 1 is 0.988 bits per heavy atom. The van der Waals surface area contributed by atoms with Gasteiger partial charge in [0, 0.05) is 45.7 Å². The van der Waals surface area contributed by atoms with Gasteiger partial charge in [0.25, 0.3) is 5.92 Å². The van der Waals surface area contributed by atoms with Gasteiger partial charge < -0.3 is 14.4 Å². The smallest absolute Gasteiger partial charge is 0.524 e. The molecule has 3 N–H and O–H groups in total. The third kappa shape index (κ3) is 13.0. The fourth-order valence-corrected chi connectivity index (χ4v) is 11.1. The lowest BCUT2D eigenvalue weighted by Gasteiger charge is -2.33. The molecule has 0 aliphatic heterocycles. The number of nitrogens with zero attached hydrogens (tertiary/aromatic N) is 6. The van der Waals surface area contributed by atoms with Gasteiger partial charge in [-0.1, -0.05) is 55.6 Å². The molecule has 3 aromatic heterocycles. The van der Waals surface area contributed by atoms with Crippen LogP contribution in [-0.4, -0.2) is 84.8 Å². The lowest BCUT2D eigenvalue weighted by atomic mass is 9.84. The van der Waals surface area contributed by atoms with Crippen molar-refractivity contribution in [3.63, 3.8) is 0 Å². The van der Waals surface area contributed by atoms with Crippen molar-refractivity contribution in [2.75, 3.05) is 6.26 Å². The molecule has 31 heteroatoms. The highest BCUT2D eigenvalue weighted by Gasteiger charge is 2.68. The van der Waals surface area contributed by atoms with Gasteiger partial charge in [-0.3, -0.25) is 37.3 Å². The van der Waals surface area contributed by atoms with Gasteiger partial charge in [0.2, 0.25) is 11.8 Å². The predicted molar refractivity (Wildman–Crippen MR) is 269 cm³/mol. The van der Waals surface area contributed by atoms with E-state index in [4.69, 9.17) is 16.1 Å². The van der Waals surface area contributed by atoms with Gasteiger partial charge in [-0.2, -0.15) is 45.3 Å². The number of benzene rings is 3. The van der Waals surface area contributed by atoms with Crippen molar-refractivity contribution in [3.8, 4) is 28.7 Å². The van der Waals surface area contributed by atoms with Gasteiger partial charge >= 0.3 is 20.2 Å². The number of nitrogens with one attached hydrogen (secondary N) is 1.